The molecule has 1 atom stereocenters. The Kier molecular flexibility index (Phi) is 5.50. The summed E-state index contributed by atoms with van der Waals surface area (Å²) in [7, 11) is 0. The quantitative estimate of drug-likeness (QED) is 0.748. The van der Waals surface area contributed by atoms with Crippen molar-refractivity contribution in [1.29, 1.82) is 0 Å². The number of unbranched alkanes of at least 4 members (excludes halogenated alkanes) is 2. The minimum Gasteiger partial charge on any atom is -0.340 e. The van der Waals surface area contributed by atoms with Gasteiger partial charge in [0.05, 0.1) is 0 Å². The van der Waals surface area contributed by atoms with Crippen molar-refractivity contribution in [2.24, 2.45) is 0 Å². The molecule has 0 aromatic rings. The number of carbonyl (C=O) groups excluding carboxylic acids is 2. The van der Waals surface area contributed by atoms with Gasteiger partial charge in [-0.15, -0.1) is 0 Å². The Balaban J connectivity index is 2.50. The lowest BCUT2D eigenvalue weighted by Gasteiger charge is -2.41. The van der Waals surface area contributed by atoms with E-state index in [1.54, 1.807) is 25.7 Å². The molecule has 1 unspecified atom stereocenters. The Hall–Kier alpha value is -0.710. The normalized spacial score (nSPS) is 23.1. The largest absolute Gasteiger partial charge is 0.340 e. The van der Waals surface area contributed by atoms with E-state index in [9.17, 15) is 9.59 Å². The zero-order valence-electron chi connectivity index (χ0n) is 11.8. The van der Waals surface area contributed by atoms with E-state index in [4.69, 9.17) is 0 Å². The second-order valence-electron chi connectivity index (χ2n) is 5.34. The Morgan fingerprint density at radius 1 is 1.28 bits per heavy atom. The second kappa shape index (κ2) is 6.45. The molecule has 0 bridgehead atoms. The van der Waals surface area contributed by atoms with E-state index in [1.165, 1.54) is 6.42 Å². The highest BCUT2D eigenvalue weighted by atomic mass is 32.2. The van der Waals surface area contributed by atoms with Gasteiger partial charge >= 0.3 is 0 Å². The zero-order valence-corrected chi connectivity index (χ0v) is 12.6. The Bertz CT molecular complexity index is 318. The topological polar surface area (TPSA) is 49.4 Å². The highest BCUT2D eigenvalue weighted by Crippen LogP contribution is 2.18. The van der Waals surface area contributed by atoms with Crippen molar-refractivity contribution >= 4 is 23.6 Å². The van der Waals surface area contributed by atoms with Gasteiger partial charge in [-0.25, -0.2) is 0 Å². The summed E-state index contributed by atoms with van der Waals surface area (Å²) in [6.07, 6.45) is 5.36. The van der Waals surface area contributed by atoms with Gasteiger partial charge < -0.3 is 10.2 Å². The summed E-state index contributed by atoms with van der Waals surface area (Å²) in [6, 6.07) is -0.342. The average molecular weight is 272 g/mol. The van der Waals surface area contributed by atoms with Gasteiger partial charge in [-0.05, 0) is 45.6 Å². The van der Waals surface area contributed by atoms with Crippen LogP contribution < -0.4 is 5.32 Å². The molecule has 0 aromatic heterocycles. The fraction of sp³-hybridized carbons (Fsp3) is 0.846. The summed E-state index contributed by atoms with van der Waals surface area (Å²) in [4.78, 5) is 25.7. The number of nitrogens with one attached hydrogen (secondary N) is 1. The number of hydrogen-bond donors (Lipinski definition) is 1. The molecule has 0 saturated carbocycles. The third-order valence-electron chi connectivity index (χ3n) is 3.33. The van der Waals surface area contributed by atoms with Crippen molar-refractivity contribution in [2.75, 3.05) is 18.6 Å². The highest BCUT2D eigenvalue weighted by molar-refractivity contribution is 7.98. The number of nitrogens with zero attached hydrogens (tertiary/aromatic N) is 1. The Labute approximate surface area is 114 Å². The molecule has 4 nitrogen and oxygen atoms in total. The molecule has 2 amide bonds. The highest BCUT2D eigenvalue weighted by Gasteiger charge is 2.42. The van der Waals surface area contributed by atoms with Gasteiger partial charge in [0, 0.05) is 6.54 Å². The number of amides is 2. The molecule has 1 aliphatic rings. The van der Waals surface area contributed by atoms with Crippen LogP contribution in [0.15, 0.2) is 0 Å². The summed E-state index contributed by atoms with van der Waals surface area (Å²) in [6.45, 7) is 6.01. The van der Waals surface area contributed by atoms with Gasteiger partial charge in [0.2, 0.25) is 11.8 Å². The van der Waals surface area contributed by atoms with Crippen molar-refractivity contribution in [1.82, 2.24) is 10.2 Å². The number of thioether (sulfide) groups is 1. The lowest BCUT2D eigenvalue weighted by Crippen LogP contribution is -2.67. The van der Waals surface area contributed by atoms with Crippen LogP contribution in [0.25, 0.3) is 0 Å². The molecule has 18 heavy (non-hydrogen) atoms. The third-order valence-corrected chi connectivity index (χ3v) is 4.02. The summed E-state index contributed by atoms with van der Waals surface area (Å²) >= 11 is 1.84. The van der Waals surface area contributed by atoms with Crippen LogP contribution in [0.5, 0.6) is 0 Å². The second-order valence-corrected chi connectivity index (χ2v) is 6.33. The van der Waals surface area contributed by atoms with E-state index in [2.05, 4.69) is 11.6 Å². The fourth-order valence-corrected chi connectivity index (χ4v) is 2.64. The van der Waals surface area contributed by atoms with Gasteiger partial charge in [-0.2, -0.15) is 11.8 Å². The predicted octanol–water partition coefficient (Wildman–Crippen LogP) is 1.65. The molecule has 1 heterocycles. The molecular weight excluding hydrogens is 248 g/mol. The molecule has 5 heteroatoms. The van der Waals surface area contributed by atoms with Gasteiger partial charge in [0.1, 0.15) is 11.6 Å². The van der Waals surface area contributed by atoms with Gasteiger partial charge in [0.25, 0.3) is 0 Å². The summed E-state index contributed by atoms with van der Waals surface area (Å²) in [5.74, 6) is 1.14. The Morgan fingerprint density at radius 3 is 2.56 bits per heavy atom. The SMILES string of the molecule is CSCCCCCN1C(=O)C(C)(C)NC(=O)C1C. The van der Waals surface area contributed by atoms with Crippen molar-refractivity contribution in [3.8, 4) is 0 Å². The van der Waals surface area contributed by atoms with Crippen molar-refractivity contribution in [3.05, 3.63) is 0 Å². The summed E-state index contributed by atoms with van der Waals surface area (Å²) in [5, 5.41) is 2.76. The summed E-state index contributed by atoms with van der Waals surface area (Å²) < 4.78 is 0. The number of carbonyl (C=O) groups is 2. The first-order valence-corrected chi connectivity index (χ1v) is 7.91. The third kappa shape index (κ3) is 3.64. The maximum absolute atomic E-state index is 12.2. The number of rotatable bonds is 6. The van der Waals surface area contributed by atoms with Crippen LogP contribution in [0, 0.1) is 0 Å². The monoisotopic (exact) mass is 272 g/mol. The van der Waals surface area contributed by atoms with E-state index in [1.807, 2.05) is 11.8 Å². The van der Waals surface area contributed by atoms with Crippen LogP contribution in [0.4, 0.5) is 0 Å². The van der Waals surface area contributed by atoms with Gasteiger partial charge in [-0.1, -0.05) is 6.42 Å². The van der Waals surface area contributed by atoms with Crippen molar-refractivity contribution in [3.63, 3.8) is 0 Å². The molecule has 1 saturated heterocycles. The summed E-state index contributed by atoms with van der Waals surface area (Å²) in [5.41, 5.74) is -0.761. The molecule has 0 aromatic carbocycles. The first-order valence-electron chi connectivity index (χ1n) is 6.52. The van der Waals surface area contributed by atoms with Crippen LogP contribution >= 0.6 is 11.8 Å². The molecule has 0 spiro atoms. The molecule has 104 valence electrons. The maximum atomic E-state index is 12.2. The lowest BCUT2D eigenvalue weighted by atomic mass is 9.97. The number of piperazine rings is 1. The first-order chi connectivity index (χ1) is 8.40. The molecular formula is C13H24N2O2S. The maximum Gasteiger partial charge on any atom is 0.248 e. The van der Waals surface area contributed by atoms with E-state index in [0.29, 0.717) is 6.54 Å². The smallest absolute Gasteiger partial charge is 0.248 e. The molecule has 1 N–H and O–H groups in total. The molecule has 0 radical (unpaired) electrons. The van der Waals surface area contributed by atoms with Crippen molar-refractivity contribution < 1.29 is 9.59 Å². The standard InChI is InChI=1S/C13H24N2O2S/c1-10-11(16)14-13(2,3)12(17)15(10)8-6-5-7-9-18-4/h10H,5-9H2,1-4H3,(H,14,16). The van der Waals surface area contributed by atoms with E-state index < -0.39 is 5.54 Å². The first kappa shape index (κ1) is 15.3. The van der Waals surface area contributed by atoms with E-state index in [-0.39, 0.29) is 17.9 Å². The lowest BCUT2D eigenvalue weighted by molar-refractivity contribution is -0.152. The number of hydrogen-bond acceptors (Lipinski definition) is 3. The zero-order chi connectivity index (χ0) is 13.8. The fourth-order valence-electron chi connectivity index (χ4n) is 2.14. The minimum atomic E-state index is -0.761. The van der Waals surface area contributed by atoms with Crippen LogP contribution in [0.1, 0.15) is 40.0 Å². The van der Waals surface area contributed by atoms with E-state index in [0.717, 1.165) is 18.6 Å². The van der Waals surface area contributed by atoms with Crippen LogP contribution in [-0.2, 0) is 9.59 Å². The van der Waals surface area contributed by atoms with Crippen LogP contribution in [0.3, 0.4) is 0 Å². The van der Waals surface area contributed by atoms with Crippen molar-refractivity contribution in [2.45, 2.75) is 51.6 Å². The van der Waals surface area contributed by atoms with Gasteiger partial charge in [-0.3, -0.25) is 9.59 Å². The average Bonchev–Trinajstić information content (AvgIpc) is 2.30. The van der Waals surface area contributed by atoms with E-state index >= 15 is 0 Å². The molecule has 1 fully saturated rings. The molecule has 1 aliphatic heterocycles. The molecule has 1 rings (SSSR count). The molecule has 0 aliphatic carbocycles. The van der Waals surface area contributed by atoms with Crippen LogP contribution in [-0.4, -0.2) is 46.8 Å². The minimum absolute atomic E-state index is 0.0273. The Morgan fingerprint density at radius 2 is 1.94 bits per heavy atom. The van der Waals surface area contributed by atoms with Crippen LogP contribution in [0.2, 0.25) is 0 Å². The van der Waals surface area contributed by atoms with Gasteiger partial charge in [0.15, 0.2) is 0 Å². The predicted molar refractivity (Wildman–Crippen MR) is 75.6 cm³/mol.